The molecule has 25 heavy (non-hydrogen) atoms. The second kappa shape index (κ2) is 4.87. The van der Waals surface area contributed by atoms with Crippen molar-refractivity contribution in [1.29, 1.82) is 0 Å². The predicted molar refractivity (Wildman–Crippen MR) is 97.9 cm³/mol. The van der Waals surface area contributed by atoms with Crippen LogP contribution >= 0.6 is 0 Å². The van der Waals surface area contributed by atoms with Gasteiger partial charge in [-0.3, -0.25) is 9.59 Å². The van der Waals surface area contributed by atoms with E-state index in [0.717, 1.165) is 37.5 Å². The Morgan fingerprint density at radius 3 is 2.52 bits per heavy atom. The molecule has 0 N–H and O–H groups in total. The van der Waals surface area contributed by atoms with E-state index >= 15 is 0 Å². The Kier molecular flexibility index (Phi) is 3.17. The summed E-state index contributed by atoms with van der Waals surface area (Å²) in [6, 6.07) is 0. The number of carbonyl (C=O) groups excluding carboxylic acids is 2. The first-order chi connectivity index (χ1) is 11.8. The van der Waals surface area contributed by atoms with E-state index in [9.17, 15) is 9.59 Å². The highest BCUT2D eigenvalue weighted by Gasteiger charge is 2.75. The van der Waals surface area contributed by atoms with Gasteiger partial charge in [-0.15, -0.1) is 0 Å². The summed E-state index contributed by atoms with van der Waals surface area (Å²) in [5.74, 6) is 3.25. The Balaban J connectivity index is 1.55. The molecule has 0 radical (unpaired) electrons. The molecule has 4 saturated carbocycles. The third-order valence-corrected chi connectivity index (χ3v) is 10.2. The predicted octanol–water partition coefficient (Wildman–Crippen LogP) is 5.11. The van der Waals surface area contributed by atoms with Gasteiger partial charge in [0.1, 0.15) is 5.78 Å². The van der Waals surface area contributed by atoms with Crippen LogP contribution in [0.3, 0.4) is 0 Å². The summed E-state index contributed by atoms with van der Waals surface area (Å²) < 4.78 is 0. The summed E-state index contributed by atoms with van der Waals surface area (Å²) in [4.78, 5) is 24.9. The molecule has 0 spiro atoms. The van der Waals surface area contributed by atoms with Crippen LogP contribution < -0.4 is 0 Å². The molecule has 0 saturated heterocycles. The minimum atomic E-state index is -0.0100. The van der Waals surface area contributed by atoms with Crippen molar-refractivity contribution in [3.8, 4) is 0 Å². The van der Waals surface area contributed by atoms with Gasteiger partial charge in [0.25, 0.3) is 0 Å². The molecule has 136 valence electrons. The second-order valence-electron chi connectivity index (χ2n) is 10.3. The van der Waals surface area contributed by atoms with Crippen LogP contribution in [-0.2, 0) is 9.59 Å². The Hall–Kier alpha value is -0.920. The van der Waals surface area contributed by atoms with Crippen molar-refractivity contribution in [3.63, 3.8) is 0 Å². The number of hydrogen-bond acceptors (Lipinski definition) is 2. The van der Waals surface area contributed by atoms with Crippen molar-refractivity contribution in [2.45, 2.75) is 78.6 Å². The third kappa shape index (κ3) is 1.68. The maximum Gasteiger partial charge on any atom is 0.158 e. The molecule has 0 aromatic carbocycles. The Morgan fingerprint density at radius 1 is 1.12 bits per heavy atom. The lowest BCUT2D eigenvalue weighted by Crippen LogP contribution is -2.54. The number of carbonyl (C=O) groups is 2. The van der Waals surface area contributed by atoms with E-state index in [1.807, 2.05) is 13.0 Å². The second-order valence-corrected chi connectivity index (χ2v) is 10.3. The highest BCUT2D eigenvalue weighted by atomic mass is 16.1. The zero-order valence-electron chi connectivity index (χ0n) is 16.1. The summed E-state index contributed by atoms with van der Waals surface area (Å²) in [6.07, 6.45) is 12.9. The van der Waals surface area contributed by atoms with Gasteiger partial charge in [-0.1, -0.05) is 19.4 Å². The molecule has 1 unspecified atom stereocenters. The van der Waals surface area contributed by atoms with E-state index in [-0.39, 0.29) is 16.7 Å². The molecule has 4 fully saturated rings. The van der Waals surface area contributed by atoms with Crippen molar-refractivity contribution in [3.05, 3.63) is 11.6 Å². The van der Waals surface area contributed by atoms with Crippen molar-refractivity contribution in [2.75, 3.05) is 0 Å². The zero-order valence-corrected chi connectivity index (χ0v) is 16.1. The van der Waals surface area contributed by atoms with Crippen LogP contribution in [0.4, 0.5) is 0 Å². The quantitative estimate of drug-likeness (QED) is 0.664. The van der Waals surface area contributed by atoms with Gasteiger partial charge in [0, 0.05) is 11.3 Å². The largest absolute Gasteiger partial charge is 0.299 e. The average Bonchev–Trinajstić information content (AvgIpc) is 3.01. The van der Waals surface area contributed by atoms with E-state index in [0.29, 0.717) is 22.9 Å². The number of ketones is 2. The highest BCUT2D eigenvalue weighted by Crippen LogP contribution is 2.80. The number of Topliss-reactive ketones (excluding diaryl/α,β-unsaturated/α-hetero) is 1. The molecule has 5 rings (SSSR count). The molecule has 2 heteroatoms. The van der Waals surface area contributed by atoms with E-state index < -0.39 is 0 Å². The van der Waals surface area contributed by atoms with Crippen molar-refractivity contribution in [2.24, 2.45) is 39.9 Å². The number of hydrogen-bond donors (Lipinski definition) is 0. The first kappa shape index (κ1) is 16.3. The molecule has 0 aliphatic heterocycles. The van der Waals surface area contributed by atoms with Gasteiger partial charge in [-0.05, 0) is 99.4 Å². The lowest BCUT2D eigenvalue weighted by atomic mass is 9.44. The van der Waals surface area contributed by atoms with Crippen LogP contribution in [0.2, 0.25) is 0 Å². The molecule has 0 aromatic heterocycles. The zero-order chi connectivity index (χ0) is 17.6. The van der Waals surface area contributed by atoms with Gasteiger partial charge in [0.05, 0.1) is 0 Å². The van der Waals surface area contributed by atoms with Gasteiger partial charge in [0.2, 0.25) is 0 Å². The molecule has 5 aliphatic carbocycles. The van der Waals surface area contributed by atoms with Gasteiger partial charge in [-0.25, -0.2) is 0 Å². The summed E-state index contributed by atoms with van der Waals surface area (Å²) in [7, 11) is 0. The van der Waals surface area contributed by atoms with E-state index in [4.69, 9.17) is 0 Å². The molecule has 2 bridgehead atoms. The van der Waals surface area contributed by atoms with Crippen LogP contribution in [0, 0.1) is 39.9 Å². The Morgan fingerprint density at radius 2 is 1.84 bits per heavy atom. The summed E-state index contributed by atoms with van der Waals surface area (Å²) in [5.41, 5.74) is 2.12. The standard InChI is InChI=1S/C23H32O2/c1-14-12-18-16(13-20(14)25)4-5-19-17(18)6-7-21(3)22(15(2)24)8-10-23(19,21)11-9-22/h13-14,17-19H,4-12H2,1-3H3/t14?,17-,18+,19-,21-,22?,23?/m1/s1. The molecule has 5 aliphatic rings. The summed E-state index contributed by atoms with van der Waals surface area (Å²) >= 11 is 0. The van der Waals surface area contributed by atoms with Crippen LogP contribution in [0.5, 0.6) is 0 Å². The number of allylic oxidation sites excluding steroid dienone is 1. The molecule has 0 heterocycles. The normalized spacial score (nSPS) is 53.7. The maximum atomic E-state index is 12.7. The first-order valence-electron chi connectivity index (χ1n) is 10.6. The van der Waals surface area contributed by atoms with Crippen LogP contribution in [0.15, 0.2) is 11.6 Å². The van der Waals surface area contributed by atoms with E-state index in [1.165, 1.54) is 37.7 Å². The summed E-state index contributed by atoms with van der Waals surface area (Å²) in [5, 5.41) is 0. The number of rotatable bonds is 1. The van der Waals surface area contributed by atoms with Gasteiger partial charge in [-0.2, -0.15) is 0 Å². The maximum absolute atomic E-state index is 12.7. The Bertz CT molecular complexity index is 678. The minimum absolute atomic E-state index is 0.0100. The fourth-order valence-corrected chi connectivity index (χ4v) is 8.86. The van der Waals surface area contributed by atoms with Gasteiger partial charge >= 0.3 is 0 Å². The fourth-order valence-electron chi connectivity index (χ4n) is 8.86. The lowest BCUT2D eigenvalue weighted by Gasteiger charge is -2.59. The molecular weight excluding hydrogens is 308 g/mol. The van der Waals surface area contributed by atoms with Crippen LogP contribution in [0.25, 0.3) is 0 Å². The lowest BCUT2D eigenvalue weighted by molar-refractivity contribution is -0.139. The highest BCUT2D eigenvalue weighted by molar-refractivity contribution is 5.93. The van der Waals surface area contributed by atoms with Crippen molar-refractivity contribution >= 4 is 11.6 Å². The SMILES string of the molecule is CC(=O)C12CCC3(CC1)[C@@H]1CCC4=CC(=O)C(C)C[C@@H]4[C@H]1CC[C@]23C. The van der Waals surface area contributed by atoms with E-state index in [2.05, 4.69) is 13.8 Å². The molecule has 0 aromatic rings. The first-order valence-corrected chi connectivity index (χ1v) is 10.6. The monoisotopic (exact) mass is 340 g/mol. The van der Waals surface area contributed by atoms with Crippen molar-refractivity contribution < 1.29 is 9.59 Å². The average molecular weight is 341 g/mol. The van der Waals surface area contributed by atoms with Crippen LogP contribution in [-0.4, -0.2) is 11.6 Å². The molecule has 0 amide bonds. The van der Waals surface area contributed by atoms with E-state index in [1.54, 1.807) is 0 Å². The summed E-state index contributed by atoms with van der Waals surface area (Å²) in [6.45, 7) is 6.48. The smallest absolute Gasteiger partial charge is 0.158 e. The molecule has 5 atom stereocenters. The minimum Gasteiger partial charge on any atom is -0.299 e. The van der Waals surface area contributed by atoms with Gasteiger partial charge < -0.3 is 0 Å². The molecular formula is C23H32O2. The van der Waals surface area contributed by atoms with Gasteiger partial charge in [0.15, 0.2) is 5.78 Å². The Labute approximate surface area is 151 Å². The number of fused-ring (bicyclic) bond motifs is 3. The molecule has 2 nitrogen and oxygen atoms in total. The third-order valence-electron chi connectivity index (χ3n) is 10.2. The van der Waals surface area contributed by atoms with Crippen LogP contribution in [0.1, 0.15) is 78.6 Å². The topological polar surface area (TPSA) is 34.1 Å². The fraction of sp³-hybridized carbons (Fsp3) is 0.826. The van der Waals surface area contributed by atoms with Crippen molar-refractivity contribution in [1.82, 2.24) is 0 Å².